The van der Waals surface area contributed by atoms with Crippen LogP contribution in [0.1, 0.15) is 35.3 Å². The number of carboxylic acids is 1. The van der Waals surface area contributed by atoms with Gasteiger partial charge in [0.05, 0.1) is 18.0 Å². The molecule has 1 aromatic rings. The third-order valence-electron chi connectivity index (χ3n) is 3.25. The fourth-order valence-electron chi connectivity index (χ4n) is 2.19. The van der Waals surface area contributed by atoms with Crippen LogP contribution in [-0.4, -0.2) is 40.1 Å². The molecule has 2 heterocycles. The number of carbonyl (C=O) groups is 1. The Morgan fingerprint density at radius 1 is 1.72 bits per heavy atom. The molecule has 100 valence electrons. The minimum absolute atomic E-state index is 0.266. The molecule has 0 saturated carbocycles. The van der Waals surface area contributed by atoms with Gasteiger partial charge in [-0.2, -0.15) is 5.10 Å². The van der Waals surface area contributed by atoms with E-state index in [1.807, 2.05) is 0 Å². The van der Waals surface area contributed by atoms with Gasteiger partial charge in [0, 0.05) is 20.2 Å². The van der Waals surface area contributed by atoms with E-state index in [4.69, 9.17) is 9.84 Å². The van der Waals surface area contributed by atoms with Crippen molar-refractivity contribution in [3.63, 3.8) is 0 Å². The third-order valence-corrected chi connectivity index (χ3v) is 3.25. The van der Waals surface area contributed by atoms with E-state index in [1.54, 1.807) is 11.7 Å². The molecule has 0 spiro atoms. The molecule has 1 fully saturated rings. The lowest BCUT2D eigenvalue weighted by Gasteiger charge is -2.10. The molecule has 1 atom stereocenters. The van der Waals surface area contributed by atoms with Crippen LogP contribution in [0.25, 0.3) is 0 Å². The summed E-state index contributed by atoms with van der Waals surface area (Å²) in [5, 5.41) is 16.2. The normalized spacial score (nSPS) is 19.3. The van der Waals surface area contributed by atoms with E-state index in [0.717, 1.165) is 32.4 Å². The SMILES string of the molecule is Cn1ncc(C(=O)O)c1CNCCC1CCCO1. The average molecular weight is 253 g/mol. The van der Waals surface area contributed by atoms with E-state index >= 15 is 0 Å². The van der Waals surface area contributed by atoms with Crippen LogP contribution in [0.3, 0.4) is 0 Å². The second-order valence-electron chi connectivity index (χ2n) is 4.53. The van der Waals surface area contributed by atoms with Gasteiger partial charge in [-0.3, -0.25) is 4.68 Å². The summed E-state index contributed by atoms with van der Waals surface area (Å²) in [6, 6.07) is 0. The third kappa shape index (κ3) is 3.08. The van der Waals surface area contributed by atoms with Crippen molar-refractivity contribution in [1.82, 2.24) is 15.1 Å². The molecule has 2 rings (SSSR count). The van der Waals surface area contributed by atoms with Crippen LogP contribution >= 0.6 is 0 Å². The molecule has 18 heavy (non-hydrogen) atoms. The van der Waals surface area contributed by atoms with Gasteiger partial charge in [-0.1, -0.05) is 0 Å². The Morgan fingerprint density at radius 3 is 3.22 bits per heavy atom. The van der Waals surface area contributed by atoms with Crippen LogP contribution in [0.4, 0.5) is 0 Å². The van der Waals surface area contributed by atoms with E-state index in [2.05, 4.69) is 10.4 Å². The summed E-state index contributed by atoms with van der Waals surface area (Å²) in [5.74, 6) is -0.931. The van der Waals surface area contributed by atoms with E-state index < -0.39 is 5.97 Å². The number of hydrogen-bond donors (Lipinski definition) is 2. The molecule has 2 N–H and O–H groups in total. The molecule has 0 aromatic carbocycles. The topological polar surface area (TPSA) is 76.4 Å². The summed E-state index contributed by atoms with van der Waals surface area (Å²) in [5.41, 5.74) is 0.969. The van der Waals surface area contributed by atoms with E-state index in [-0.39, 0.29) is 5.56 Å². The van der Waals surface area contributed by atoms with Gasteiger partial charge in [-0.15, -0.1) is 0 Å². The first-order valence-corrected chi connectivity index (χ1v) is 6.25. The monoisotopic (exact) mass is 253 g/mol. The number of nitrogens with one attached hydrogen (secondary N) is 1. The first-order valence-electron chi connectivity index (χ1n) is 6.25. The Hall–Kier alpha value is -1.40. The molecule has 1 aliphatic heterocycles. The van der Waals surface area contributed by atoms with Crippen molar-refractivity contribution in [2.45, 2.75) is 31.9 Å². The Kier molecular flexibility index (Phi) is 4.33. The summed E-state index contributed by atoms with van der Waals surface area (Å²) in [7, 11) is 1.75. The van der Waals surface area contributed by atoms with Gasteiger partial charge in [-0.05, 0) is 25.8 Å². The van der Waals surface area contributed by atoms with Crippen LogP contribution in [-0.2, 0) is 18.3 Å². The van der Waals surface area contributed by atoms with Crippen LogP contribution in [0, 0.1) is 0 Å². The quantitative estimate of drug-likeness (QED) is 0.733. The van der Waals surface area contributed by atoms with Gasteiger partial charge >= 0.3 is 5.97 Å². The number of carboxylic acid groups (broad SMARTS) is 1. The van der Waals surface area contributed by atoms with Gasteiger partial charge in [0.15, 0.2) is 0 Å². The molecule has 1 saturated heterocycles. The highest BCUT2D eigenvalue weighted by atomic mass is 16.5. The molecule has 0 radical (unpaired) electrons. The zero-order valence-corrected chi connectivity index (χ0v) is 10.6. The van der Waals surface area contributed by atoms with Crippen molar-refractivity contribution in [3.05, 3.63) is 17.5 Å². The Balaban J connectivity index is 1.78. The lowest BCUT2D eigenvalue weighted by atomic mass is 10.2. The largest absolute Gasteiger partial charge is 0.478 e. The second kappa shape index (κ2) is 5.97. The first kappa shape index (κ1) is 13.0. The number of aromatic nitrogens is 2. The summed E-state index contributed by atoms with van der Waals surface area (Å²) in [6.45, 7) is 2.22. The number of hydrogen-bond acceptors (Lipinski definition) is 4. The minimum atomic E-state index is -0.931. The molecule has 0 bridgehead atoms. The molecule has 6 nitrogen and oxygen atoms in total. The van der Waals surface area contributed by atoms with E-state index in [0.29, 0.717) is 18.3 Å². The fourth-order valence-corrected chi connectivity index (χ4v) is 2.19. The summed E-state index contributed by atoms with van der Waals surface area (Å²) in [6.07, 6.45) is 5.01. The number of aryl methyl sites for hydroxylation is 1. The molecule has 1 unspecified atom stereocenters. The van der Waals surface area contributed by atoms with Crippen molar-refractivity contribution in [1.29, 1.82) is 0 Å². The molecule has 6 heteroatoms. The molecular formula is C12H19N3O3. The van der Waals surface area contributed by atoms with Gasteiger partial charge in [0.1, 0.15) is 5.56 Å². The van der Waals surface area contributed by atoms with E-state index in [9.17, 15) is 4.79 Å². The predicted molar refractivity (Wildman–Crippen MR) is 65.5 cm³/mol. The maximum Gasteiger partial charge on any atom is 0.339 e. The van der Waals surface area contributed by atoms with Gasteiger partial charge in [0.2, 0.25) is 0 Å². The Bertz CT molecular complexity index is 411. The van der Waals surface area contributed by atoms with Crippen LogP contribution < -0.4 is 5.32 Å². The van der Waals surface area contributed by atoms with Crippen molar-refractivity contribution in [2.75, 3.05) is 13.2 Å². The summed E-state index contributed by atoms with van der Waals surface area (Å²) >= 11 is 0. The Labute approximate surface area is 106 Å². The zero-order chi connectivity index (χ0) is 13.0. The number of rotatable bonds is 6. The van der Waals surface area contributed by atoms with Crippen LogP contribution in [0.5, 0.6) is 0 Å². The molecular weight excluding hydrogens is 234 g/mol. The van der Waals surface area contributed by atoms with Gasteiger partial charge < -0.3 is 15.2 Å². The number of nitrogens with zero attached hydrogens (tertiary/aromatic N) is 2. The molecule has 1 aromatic heterocycles. The summed E-state index contributed by atoms with van der Waals surface area (Å²) in [4.78, 5) is 11.0. The highest BCUT2D eigenvalue weighted by Gasteiger charge is 2.16. The average Bonchev–Trinajstić information content (AvgIpc) is 2.94. The predicted octanol–water partition coefficient (Wildman–Crippen LogP) is 0.777. The number of aromatic carboxylic acids is 1. The molecule has 0 amide bonds. The Morgan fingerprint density at radius 2 is 2.56 bits per heavy atom. The fraction of sp³-hybridized carbons (Fsp3) is 0.667. The maximum absolute atomic E-state index is 11.0. The van der Waals surface area contributed by atoms with Gasteiger partial charge in [-0.25, -0.2) is 4.79 Å². The minimum Gasteiger partial charge on any atom is -0.478 e. The van der Waals surface area contributed by atoms with Crippen LogP contribution in [0.2, 0.25) is 0 Å². The van der Waals surface area contributed by atoms with Crippen molar-refractivity contribution < 1.29 is 14.6 Å². The van der Waals surface area contributed by atoms with Crippen molar-refractivity contribution in [3.8, 4) is 0 Å². The van der Waals surface area contributed by atoms with E-state index in [1.165, 1.54) is 6.20 Å². The lowest BCUT2D eigenvalue weighted by molar-refractivity contribution is 0.0695. The highest BCUT2D eigenvalue weighted by molar-refractivity contribution is 5.88. The van der Waals surface area contributed by atoms with Gasteiger partial charge in [0.25, 0.3) is 0 Å². The van der Waals surface area contributed by atoms with Crippen LogP contribution in [0.15, 0.2) is 6.20 Å². The second-order valence-corrected chi connectivity index (χ2v) is 4.53. The highest BCUT2D eigenvalue weighted by Crippen LogP contribution is 2.14. The standard InChI is InChI=1S/C12H19N3O3/c1-15-11(10(7-14-15)12(16)17)8-13-5-4-9-3-2-6-18-9/h7,9,13H,2-6,8H2,1H3,(H,16,17). The molecule has 1 aliphatic rings. The molecule has 0 aliphatic carbocycles. The smallest absolute Gasteiger partial charge is 0.339 e. The summed E-state index contributed by atoms with van der Waals surface area (Å²) < 4.78 is 7.12. The first-order chi connectivity index (χ1) is 8.68. The maximum atomic E-state index is 11.0. The van der Waals surface area contributed by atoms with Crippen molar-refractivity contribution in [2.24, 2.45) is 7.05 Å². The lowest BCUT2D eigenvalue weighted by Crippen LogP contribution is -2.22. The van der Waals surface area contributed by atoms with Crippen molar-refractivity contribution >= 4 is 5.97 Å². The number of ether oxygens (including phenoxy) is 1. The zero-order valence-electron chi connectivity index (χ0n) is 10.6.